The summed E-state index contributed by atoms with van der Waals surface area (Å²) in [6.07, 6.45) is 2.62. The van der Waals surface area contributed by atoms with Crippen molar-refractivity contribution in [1.82, 2.24) is 4.90 Å². The Hall–Kier alpha value is -2.47. The number of rotatable bonds is 6. The first kappa shape index (κ1) is 17.9. The number of carbonyl (C=O) groups excluding carboxylic acids is 2. The van der Waals surface area contributed by atoms with Crippen LogP contribution in [0.1, 0.15) is 40.0 Å². The molecule has 2 aliphatic heterocycles. The fourth-order valence-electron chi connectivity index (χ4n) is 3.24. The van der Waals surface area contributed by atoms with Gasteiger partial charge in [0.1, 0.15) is 0 Å². The summed E-state index contributed by atoms with van der Waals surface area (Å²) >= 11 is 1.75. The standard InChI is InChI=1S/C21H21NO4S/c23-20-16-6-1-2-7-17(16)21(24)22(20)10-3-4-13-27-15-8-9-18-19(14-15)26-12-5-11-25-18/h1-2,6-9,14H,3-5,10-13H2. The molecule has 6 heteroatoms. The van der Waals surface area contributed by atoms with E-state index in [2.05, 4.69) is 0 Å². The summed E-state index contributed by atoms with van der Waals surface area (Å²) in [4.78, 5) is 27.2. The molecule has 2 heterocycles. The second-order valence-corrected chi connectivity index (χ2v) is 7.69. The third-order valence-corrected chi connectivity index (χ3v) is 5.72. The van der Waals surface area contributed by atoms with Gasteiger partial charge in [-0.1, -0.05) is 12.1 Å². The summed E-state index contributed by atoms with van der Waals surface area (Å²) in [7, 11) is 0. The van der Waals surface area contributed by atoms with Crippen LogP contribution in [0.3, 0.4) is 0 Å². The maximum Gasteiger partial charge on any atom is 0.261 e. The minimum Gasteiger partial charge on any atom is -0.490 e. The van der Waals surface area contributed by atoms with Gasteiger partial charge in [-0.15, -0.1) is 11.8 Å². The highest BCUT2D eigenvalue weighted by Crippen LogP contribution is 2.34. The maximum absolute atomic E-state index is 12.3. The van der Waals surface area contributed by atoms with E-state index in [1.165, 1.54) is 4.90 Å². The predicted octanol–water partition coefficient (Wildman–Crippen LogP) is 4.02. The van der Waals surface area contributed by atoms with E-state index in [4.69, 9.17) is 9.47 Å². The van der Waals surface area contributed by atoms with Crippen LogP contribution in [-0.4, -0.2) is 42.2 Å². The monoisotopic (exact) mass is 383 g/mol. The zero-order valence-electron chi connectivity index (χ0n) is 15.0. The fraction of sp³-hybridized carbons (Fsp3) is 0.333. The summed E-state index contributed by atoms with van der Waals surface area (Å²) in [5, 5.41) is 0. The predicted molar refractivity (Wildman–Crippen MR) is 104 cm³/mol. The molecule has 140 valence electrons. The smallest absolute Gasteiger partial charge is 0.261 e. The van der Waals surface area contributed by atoms with E-state index < -0.39 is 0 Å². The van der Waals surface area contributed by atoms with Gasteiger partial charge in [0.25, 0.3) is 11.8 Å². The van der Waals surface area contributed by atoms with E-state index in [-0.39, 0.29) is 11.8 Å². The number of amides is 2. The van der Waals surface area contributed by atoms with Gasteiger partial charge in [-0.3, -0.25) is 14.5 Å². The zero-order chi connectivity index (χ0) is 18.6. The first-order valence-corrected chi connectivity index (χ1v) is 10.2. The molecule has 27 heavy (non-hydrogen) atoms. The van der Waals surface area contributed by atoms with E-state index in [1.807, 2.05) is 18.2 Å². The Bertz CT molecular complexity index is 832. The molecule has 0 N–H and O–H groups in total. The van der Waals surface area contributed by atoms with Crippen LogP contribution in [0.4, 0.5) is 0 Å². The van der Waals surface area contributed by atoms with E-state index in [9.17, 15) is 9.59 Å². The summed E-state index contributed by atoms with van der Waals surface area (Å²) in [6.45, 7) is 1.84. The van der Waals surface area contributed by atoms with Crippen LogP contribution in [0.5, 0.6) is 11.5 Å². The van der Waals surface area contributed by atoms with Crippen LogP contribution in [0, 0.1) is 0 Å². The van der Waals surface area contributed by atoms with Gasteiger partial charge in [0.15, 0.2) is 11.5 Å². The molecule has 2 aliphatic rings. The molecule has 0 saturated heterocycles. The van der Waals surface area contributed by atoms with Gasteiger partial charge < -0.3 is 9.47 Å². The SMILES string of the molecule is O=C1c2ccccc2C(=O)N1CCCCSc1ccc2c(c1)OCCCO2. The van der Waals surface area contributed by atoms with Gasteiger partial charge in [0.05, 0.1) is 24.3 Å². The van der Waals surface area contributed by atoms with Crippen LogP contribution < -0.4 is 9.47 Å². The fourth-order valence-corrected chi connectivity index (χ4v) is 4.18. The Morgan fingerprint density at radius 2 is 1.59 bits per heavy atom. The second kappa shape index (κ2) is 8.05. The number of thioether (sulfide) groups is 1. The van der Waals surface area contributed by atoms with Gasteiger partial charge >= 0.3 is 0 Å². The lowest BCUT2D eigenvalue weighted by molar-refractivity contribution is 0.0652. The minimum absolute atomic E-state index is 0.175. The minimum atomic E-state index is -0.175. The molecule has 2 amide bonds. The average molecular weight is 383 g/mol. The lowest BCUT2D eigenvalue weighted by atomic mass is 10.1. The Balaban J connectivity index is 1.25. The molecule has 2 aromatic rings. The normalized spacial score (nSPS) is 15.6. The number of fused-ring (bicyclic) bond motifs is 2. The molecule has 4 rings (SSSR count). The molecule has 0 spiro atoms. The third-order valence-electron chi connectivity index (χ3n) is 4.64. The lowest BCUT2D eigenvalue weighted by Gasteiger charge is -2.13. The molecular formula is C21H21NO4S. The maximum atomic E-state index is 12.3. The van der Waals surface area contributed by atoms with Crippen molar-refractivity contribution < 1.29 is 19.1 Å². The number of hydrogen-bond donors (Lipinski definition) is 0. The van der Waals surface area contributed by atoms with E-state index in [0.29, 0.717) is 30.9 Å². The highest BCUT2D eigenvalue weighted by Gasteiger charge is 2.34. The van der Waals surface area contributed by atoms with Crippen molar-refractivity contribution in [2.24, 2.45) is 0 Å². The Morgan fingerprint density at radius 3 is 2.33 bits per heavy atom. The Labute approximate surface area is 162 Å². The number of imide groups is 1. The summed E-state index contributed by atoms with van der Waals surface area (Å²) in [5.41, 5.74) is 1.04. The van der Waals surface area contributed by atoms with Crippen LogP contribution in [0.25, 0.3) is 0 Å². The van der Waals surface area contributed by atoms with Crippen LogP contribution in [0.15, 0.2) is 47.4 Å². The molecule has 0 fully saturated rings. The van der Waals surface area contributed by atoms with Crippen LogP contribution >= 0.6 is 11.8 Å². The number of nitrogens with zero attached hydrogens (tertiary/aromatic N) is 1. The van der Waals surface area contributed by atoms with Crippen molar-refractivity contribution in [2.45, 2.75) is 24.2 Å². The van der Waals surface area contributed by atoms with Gasteiger partial charge in [-0.25, -0.2) is 0 Å². The topological polar surface area (TPSA) is 55.8 Å². The Kier molecular flexibility index (Phi) is 5.34. The summed E-state index contributed by atoms with van der Waals surface area (Å²) < 4.78 is 11.4. The first-order chi connectivity index (χ1) is 13.2. The zero-order valence-corrected chi connectivity index (χ0v) is 15.8. The van der Waals surface area contributed by atoms with Crippen molar-refractivity contribution >= 4 is 23.6 Å². The van der Waals surface area contributed by atoms with Crippen molar-refractivity contribution in [3.63, 3.8) is 0 Å². The quantitative estimate of drug-likeness (QED) is 0.428. The van der Waals surface area contributed by atoms with Gasteiger partial charge in [0, 0.05) is 17.9 Å². The molecule has 0 bridgehead atoms. The van der Waals surface area contributed by atoms with Gasteiger partial charge in [-0.2, -0.15) is 0 Å². The number of hydrogen-bond acceptors (Lipinski definition) is 5. The van der Waals surface area contributed by atoms with Crippen molar-refractivity contribution in [3.05, 3.63) is 53.6 Å². The van der Waals surface area contributed by atoms with E-state index in [1.54, 1.807) is 36.0 Å². The van der Waals surface area contributed by atoms with Crippen LogP contribution in [0.2, 0.25) is 0 Å². The molecule has 0 unspecified atom stereocenters. The molecule has 5 nitrogen and oxygen atoms in total. The summed E-state index contributed by atoms with van der Waals surface area (Å²) in [5.74, 6) is 2.19. The van der Waals surface area contributed by atoms with Crippen molar-refractivity contribution in [1.29, 1.82) is 0 Å². The number of benzene rings is 2. The van der Waals surface area contributed by atoms with Crippen molar-refractivity contribution in [2.75, 3.05) is 25.5 Å². The average Bonchev–Trinajstić information content (AvgIpc) is 2.84. The third kappa shape index (κ3) is 3.81. The highest BCUT2D eigenvalue weighted by atomic mass is 32.2. The van der Waals surface area contributed by atoms with Crippen LogP contribution in [-0.2, 0) is 0 Å². The first-order valence-electron chi connectivity index (χ1n) is 9.22. The Morgan fingerprint density at radius 1 is 0.889 bits per heavy atom. The highest BCUT2D eigenvalue weighted by molar-refractivity contribution is 7.99. The largest absolute Gasteiger partial charge is 0.490 e. The second-order valence-electron chi connectivity index (χ2n) is 6.52. The van der Waals surface area contributed by atoms with E-state index in [0.717, 1.165) is 41.4 Å². The molecule has 0 aromatic heterocycles. The summed E-state index contributed by atoms with van der Waals surface area (Å²) in [6, 6.07) is 13.0. The number of ether oxygens (including phenoxy) is 2. The molecule has 0 radical (unpaired) electrons. The lowest BCUT2D eigenvalue weighted by Crippen LogP contribution is -2.30. The van der Waals surface area contributed by atoms with Crippen molar-refractivity contribution in [3.8, 4) is 11.5 Å². The molecule has 0 atom stereocenters. The molecule has 0 saturated carbocycles. The van der Waals surface area contributed by atoms with Gasteiger partial charge in [-0.05, 0) is 48.9 Å². The number of unbranched alkanes of at least 4 members (excludes halogenated alkanes) is 1. The molecular weight excluding hydrogens is 362 g/mol. The number of carbonyl (C=O) groups is 2. The molecule has 2 aromatic carbocycles. The molecule has 0 aliphatic carbocycles. The van der Waals surface area contributed by atoms with E-state index >= 15 is 0 Å². The van der Waals surface area contributed by atoms with Gasteiger partial charge in [0.2, 0.25) is 0 Å².